The average molecular weight is 360 g/mol. The Balaban J connectivity index is 1.54. The third kappa shape index (κ3) is 2.59. The summed E-state index contributed by atoms with van der Waals surface area (Å²) in [6.45, 7) is 0.877. The fraction of sp³-hybridized carbons (Fsp3) is 0.263. The summed E-state index contributed by atoms with van der Waals surface area (Å²) in [6, 6.07) is 11.1. The Hall–Kier alpha value is -2.40. The summed E-state index contributed by atoms with van der Waals surface area (Å²) < 4.78 is 18.9. The Morgan fingerprint density at radius 1 is 1.16 bits per heavy atom. The molecule has 0 saturated carbocycles. The predicted octanol–water partition coefficient (Wildman–Crippen LogP) is 3.78. The Kier molecular flexibility index (Phi) is 3.76. The standard InChI is InChI=1S/C19H15ClFNO3/c20-16-11-12(21)5-6-14(16)17(23)22-9-7-19(8-10-22)15-4-2-1-3-13(15)18(24)25-19/h1-6,11H,7-10H2. The Bertz CT molecular complexity index is 875. The molecule has 25 heavy (non-hydrogen) atoms. The number of halogens is 2. The molecule has 6 heteroatoms. The third-order valence-electron chi connectivity index (χ3n) is 4.95. The SMILES string of the molecule is O=C1OC2(CCN(C(=O)c3ccc(F)cc3Cl)CC2)c2ccccc21. The van der Waals surface area contributed by atoms with Crippen LogP contribution >= 0.6 is 11.6 Å². The maximum absolute atomic E-state index is 13.2. The van der Waals surface area contributed by atoms with Crippen molar-refractivity contribution >= 4 is 23.5 Å². The van der Waals surface area contributed by atoms with Crippen LogP contribution in [0.3, 0.4) is 0 Å². The summed E-state index contributed by atoms with van der Waals surface area (Å²) in [5.41, 5.74) is 1.12. The van der Waals surface area contributed by atoms with Crippen molar-refractivity contribution in [1.82, 2.24) is 4.90 Å². The molecule has 0 radical (unpaired) electrons. The number of nitrogens with zero attached hydrogens (tertiary/aromatic N) is 1. The second-order valence-corrected chi connectivity index (χ2v) is 6.75. The van der Waals surface area contributed by atoms with Crippen molar-refractivity contribution in [2.24, 2.45) is 0 Å². The number of amides is 1. The molecule has 2 heterocycles. The smallest absolute Gasteiger partial charge is 0.339 e. The summed E-state index contributed by atoms with van der Waals surface area (Å²) in [5, 5.41) is 0.0999. The number of likely N-dealkylation sites (tertiary alicyclic amines) is 1. The summed E-state index contributed by atoms with van der Waals surface area (Å²) in [5.74, 6) is -1.02. The van der Waals surface area contributed by atoms with Gasteiger partial charge < -0.3 is 9.64 Å². The molecule has 2 aromatic carbocycles. The first kappa shape index (κ1) is 16.1. The molecule has 1 fully saturated rings. The predicted molar refractivity (Wildman–Crippen MR) is 90.1 cm³/mol. The summed E-state index contributed by atoms with van der Waals surface area (Å²) in [4.78, 5) is 26.4. The van der Waals surface area contributed by atoms with Crippen LogP contribution in [0.25, 0.3) is 0 Å². The molecule has 4 nitrogen and oxygen atoms in total. The molecule has 0 bridgehead atoms. The minimum atomic E-state index is -0.656. The fourth-order valence-corrected chi connectivity index (χ4v) is 3.87. The molecule has 128 valence electrons. The maximum atomic E-state index is 13.2. The molecule has 4 rings (SSSR count). The molecular weight excluding hydrogens is 345 g/mol. The minimum Gasteiger partial charge on any atom is -0.450 e. The van der Waals surface area contributed by atoms with E-state index in [0.717, 1.165) is 11.6 Å². The number of esters is 1. The van der Waals surface area contributed by atoms with E-state index in [1.165, 1.54) is 12.1 Å². The van der Waals surface area contributed by atoms with Gasteiger partial charge in [0.15, 0.2) is 0 Å². The van der Waals surface area contributed by atoms with Crippen LogP contribution in [-0.4, -0.2) is 29.9 Å². The molecule has 0 N–H and O–H groups in total. The van der Waals surface area contributed by atoms with Crippen LogP contribution in [0, 0.1) is 5.82 Å². The van der Waals surface area contributed by atoms with Gasteiger partial charge in [0.05, 0.1) is 16.1 Å². The molecule has 2 aliphatic rings. The number of fused-ring (bicyclic) bond motifs is 2. The van der Waals surface area contributed by atoms with Crippen LogP contribution in [0.15, 0.2) is 42.5 Å². The molecule has 1 amide bonds. The van der Waals surface area contributed by atoms with E-state index in [1.54, 1.807) is 11.0 Å². The first-order chi connectivity index (χ1) is 12.0. The normalized spacial score (nSPS) is 18.2. The molecule has 1 saturated heterocycles. The number of hydrogen-bond acceptors (Lipinski definition) is 3. The summed E-state index contributed by atoms with van der Waals surface area (Å²) in [7, 11) is 0. The van der Waals surface area contributed by atoms with Gasteiger partial charge in [0.1, 0.15) is 11.4 Å². The van der Waals surface area contributed by atoms with Gasteiger partial charge in [0, 0.05) is 31.5 Å². The van der Waals surface area contributed by atoms with Crippen molar-refractivity contribution in [2.45, 2.75) is 18.4 Å². The zero-order chi connectivity index (χ0) is 17.6. The average Bonchev–Trinajstić information content (AvgIpc) is 2.88. The van der Waals surface area contributed by atoms with E-state index in [0.29, 0.717) is 31.5 Å². The van der Waals surface area contributed by atoms with Gasteiger partial charge in [-0.25, -0.2) is 9.18 Å². The van der Waals surface area contributed by atoms with E-state index in [-0.39, 0.29) is 22.5 Å². The third-order valence-corrected chi connectivity index (χ3v) is 5.26. The van der Waals surface area contributed by atoms with E-state index < -0.39 is 11.4 Å². The Morgan fingerprint density at radius 3 is 2.60 bits per heavy atom. The number of hydrogen-bond donors (Lipinski definition) is 0. The van der Waals surface area contributed by atoms with Crippen molar-refractivity contribution in [3.63, 3.8) is 0 Å². The van der Waals surface area contributed by atoms with E-state index >= 15 is 0 Å². The second-order valence-electron chi connectivity index (χ2n) is 6.35. The van der Waals surface area contributed by atoms with Crippen LogP contribution < -0.4 is 0 Å². The molecule has 2 aliphatic heterocycles. The van der Waals surface area contributed by atoms with Gasteiger partial charge in [-0.1, -0.05) is 29.8 Å². The second kappa shape index (κ2) is 5.85. The Morgan fingerprint density at radius 2 is 1.88 bits per heavy atom. The van der Waals surface area contributed by atoms with Crippen molar-refractivity contribution < 1.29 is 18.7 Å². The molecule has 0 aliphatic carbocycles. The highest BCUT2D eigenvalue weighted by Crippen LogP contribution is 2.44. The van der Waals surface area contributed by atoms with Crippen molar-refractivity contribution in [3.05, 3.63) is 70.0 Å². The van der Waals surface area contributed by atoms with Gasteiger partial charge in [-0.15, -0.1) is 0 Å². The van der Waals surface area contributed by atoms with E-state index in [1.807, 2.05) is 18.2 Å². The lowest BCUT2D eigenvalue weighted by molar-refractivity contribution is -0.0389. The number of carbonyl (C=O) groups excluding carboxylic acids is 2. The van der Waals surface area contributed by atoms with Crippen molar-refractivity contribution in [2.75, 3.05) is 13.1 Å². The number of carbonyl (C=O) groups is 2. The van der Waals surface area contributed by atoms with Crippen molar-refractivity contribution in [3.8, 4) is 0 Å². The van der Waals surface area contributed by atoms with Crippen LogP contribution in [0.5, 0.6) is 0 Å². The van der Waals surface area contributed by atoms with E-state index in [9.17, 15) is 14.0 Å². The number of benzene rings is 2. The number of rotatable bonds is 1. The van der Waals surface area contributed by atoms with Gasteiger partial charge in [0.2, 0.25) is 0 Å². The topological polar surface area (TPSA) is 46.6 Å². The van der Waals surface area contributed by atoms with Gasteiger partial charge in [-0.05, 0) is 24.3 Å². The Labute approximate surface area is 149 Å². The first-order valence-corrected chi connectivity index (χ1v) is 8.45. The van der Waals surface area contributed by atoms with Gasteiger partial charge in [-0.3, -0.25) is 4.79 Å². The first-order valence-electron chi connectivity index (χ1n) is 8.07. The highest BCUT2D eigenvalue weighted by molar-refractivity contribution is 6.33. The molecule has 1 spiro atoms. The lowest BCUT2D eigenvalue weighted by Crippen LogP contribution is -2.45. The zero-order valence-electron chi connectivity index (χ0n) is 13.3. The molecular formula is C19H15ClFNO3. The lowest BCUT2D eigenvalue weighted by Gasteiger charge is -2.38. The van der Waals surface area contributed by atoms with Gasteiger partial charge >= 0.3 is 5.97 Å². The molecule has 0 unspecified atom stereocenters. The zero-order valence-corrected chi connectivity index (χ0v) is 14.1. The largest absolute Gasteiger partial charge is 0.450 e. The summed E-state index contributed by atoms with van der Waals surface area (Å²) in [6.07, 6.45) is 1.06. The van der Waals surface area contributed by atoms with Crippen LogP contribution in [0.4, 0.5) is 4.39 Å². The lowest BCUT2D eigenvalue weighted by atomic mass is 9.83. The highest BCUT2D eigenvalue weighted by Gasteiger charge is 2.47. The van der Waals surface area contributed by atoms with Crippen LogP contribution in [-0.2, 0) is 10.3 Å². The van der Waals surface area contributed by atoms with Gasteiger partial charge in [0.25, 0.3) is 5.91 Å². The number of ether oxygens (including phenoxy) is 1. The highest BCUT2D eigenvalue weighted by atomic mass is 35.5. The van der Waals surface area contributed by atoms with Crippen LogP contribution in [0.1, 0.15) is 39.1 Å². The van der Waals surface area contributed by atoms with E-state index in [2.05, 4.69) is 0 Å². The quantitative estimate of drug-likeness (QED) is 0.728. The fourth-order valence-electron chi connectivity index (χ4n) is 3.62. The maximum Gasteiger partial charge on any atom is 0.339 e. The van der Waals surface area contributed by atoms with E-state index in [4.69, 9.17) is 16.3 Å². The summed E-state index contributed by atoms with van der Waals surface area (Å²) >= 11 is 5.99. The van der Waals surface area contributed by atoms with Gasteiger partial charge in [-0.2, -0.15) is 0 Å². The van der Waals surface area contributed by atoms with Crippen LogP contribution in [0.2, 0.25) is 5.02 Å². The molecule has 0 aromatic heterocycles. The minimum absolute atomic E-state index is 0.0999. The molecule has 0 atom stereocenters. The van der Waals surface area contributed by atoms with Crippen molar-refractivity contribution in [1.29, 1.82) is 0 Å². The monoisotopic (exact) mass is 359 g/mol. The number of piperidine rings is 1. The molecule has 2 aromatic rings.